The van der Waals surface area contributed by atoms with Gasteiger partial charge in [-0.2, -0.15) is 10.4 Å². The lowest BCUT2D eigenvalue weighted by atomic mass is 10.00. The van der Waals surface area contributed by atoms with E-state index >= 15 is 0 Å². The molecule has 122 valence electrons. The maximum absolute atomic E-state index is 12.8. The van der Waals surface area contributed by atoms with Crippen LogP contribution in [0.15, 0.2) is 30.5 Å². The maximum Gasteiger partial charge on any atom is 0.196 e. The third-order valence-corrected chi connectivity index (χ3v) is 4.93. The quantitative estimate of drug-likeness (QED) is 0.660. The Morgan fingerprint density at radius 3 is 2.83 bits per heavy atom. The van der Waals surface area contributed by atoms with E-state index in [1.165, 1.54) is 11.3 Å². The van der Waals surface area contributed by atoms with Gasteiger partial charge < -0.3 is 0 Å². The summed E-state index contributed by atoms with van der Waals surface area (Å²) in [6.07, 6.45) is 1.60. The molecule has 0 spiro atoms. The van der Waals surface area contributed by atoms with Crippen LogP contribution in [0.25, 0.3) is 10.2 Å². The van der Waals surface area contributed by atoms with Crippen LogP contribution >= 0.6 is 11.3 Å². The van der Waals surface area contributed by atoms with Gasteiger partial charge in [-0.1, -0.05) is 19.9 Å². The first-order valence-electron chi connectivity index (χ1n) is 7.83. The van der Waals surface area contributed by atoms with Gasteiger partial charge in [-0.15, -0.1) is 11.3 Å². The molecule has 24 heavy (non-hydrogen) atoms. The van der Waals surface area contributed by atoms with E-state index in [1.807, 2.05) is 17.7 Å². The molecule has 3 aromatic rings. The molecule has 6 heteroatoms. The fourth-order valence-electron chi connectivity index (χ4n) is 2.65. The zero-order valence-corrected chi connectivity index (χ0v) is 14.7. The van der Waals surface area contributed by atoms with Gasteiger partial charge in [-0.05, 0) is 31.0 Å². The van der Waals surface area contributed by atoms with Crippen LogP contribution < -0.4 is 0 Å². The van der Waals surface area contributed by atoms with Crippen molar-refractivity contribution < 1.29 is 4.79 Å². The lowest BCUT2D eigenvalue weighted by Crippen LogP contribution is -2.11. The van der Waals surface area contributed by atoms with Crippen molar-refractivity contribution in [1.82, 2.24) is 14.8 Å². The van der Waals surface area contributed by atoms with E-state index in [4.69, 9.17) is 0 Å². The topological polar surface area (TPSA) is 71.6 Å². The van der Waals surface area contributed by atoms with Crippen molar-refractivity contribution in [3.63, 3.8) is 0 Å². The van der Waals surface area contributed by atoms with E-state index in [-0.39, 0.29) is 5.78 Å². The molecule has 3 heterocycles. The number of aryl methyl sites for hydroxylation is 1. The molecule has 3 rings (SSSR count). The minimum Gasteiger partial charge on any atom is -0.291 e. The van der Waals surface area contributed by atoms with Gasteiger partial charge in [0.1, 0.15) is 4.83 Å². The van der Waals surface area contributed by atoms with Crippen molar-refractivity contribution in [3.8, 4) is 6.07 Å². The summed E-state index contributed by atoms with van der Waals surface area (Å²) in [6.45, 7) is 7.02. The first-order valence-corrected chi connectivity index (χ1v) is 8.64. The molecule has 0 amide bonds. The molecule has 5 nitrogen and oxygen atoms in total. The van der Waals surface area contributed by atoms with Gasteiger partial charge in [0.25, 0.3) is 0 Å². The number of ketones is 1. The van der Waals surface area contributed by atoms with Gasteiger partial charge >= 0.3 is 0 Å². The molecule has 0 unspecified atom stereocenters. The minimum absolute atomic E-state index is 0.201. The first-order chi connectivity index (χ1) is 11.5. The minimum atomic E-state index is -0.874. The van der Waals surface area contributed by atoms with Gasteiger partial charge in [0.05, 0.1) is 22.3 Å². The van der Waals surface area contributed by atoms with Crippen molar-refractivity contribution in [1.29, 1.82) is 5.26 Å². The number of nitrogens with zero attached hydrogens (tertiary/aromatic N) is 4. The lowest BCUT2D eigenvalue weighted by molar-refractivity contribution is 0.0981. The number of hydrogen-bond donors (Lipinski definition) is 0. The summed E-state index contributed by atoms with van der Waals surface area (Å²) in [5, 5.41) is 15.0. The Kier molecular flexibility index (Phi) is 4.45. The highest BCUT2D eigenvalue weighted by atomic mass is 32.1. The predicted octanol–water partition coefficient (Wildman–Crippen LogP) is 3.95. The van der Waals surface area contributed by atoms with Gasteiger partial charge in [0, 0.05) is 18.1 Å². The lowest BCUT2D eigenvalue weighted by Gasteiger charge is -2.06. The average molecular weight is 338 g/mol. The zero-order chi connectivity index (χ0) is 17.3. The smallest absolute Gasteiger partial charge is 0.196 e. The van der Waals surface area contributed by atoms with Crippen molar-refractivity contribution in [2.24, 2.45) is 5.92 Å². The summed E-state index contributed by atoms with van der Waals surface area (Å²) >= 11 is 1.41. The molecule has 0 N–H and O–H groups in total. The van der Waals surface area contributed by atoms with E-state index in [9.17, 15) is 10.1 Å². The van der Waals surface area contributed by atoms with Gasteiger partial charge in [-0.25, -0.2) is 0 Å². The number of Topliss-reactive ketones (excluding diaryl/α,β-unsaturated/α-hetero) is 1. The normalized spacial score (nSPS) is 12.5. The Morgan fingerprint density at radius 1 is 1.42 bits per heavy atom. The zero-order valence-electron chi connectivity index (χ0n) is 13.9. The average Bonchev–Trinajstić information content (AvgIpc) is 3.11. The molecule has 0 radical (unpaired) electrons. The largest absolute Gasteiger partial charge is 0.291 e. The number of nitriles is 1. The number of thiophene rings is 1. The fraction of sp³-hybridized carbons (Fsp3) is 0.333. The number of carbonyl (C=O) groups is 1. The van der Waals surface area contributed by atoms with E-state index < -0.39 is 5.92 Å². The molecule has 0 aromatic carbocycles. The third kappa shape index (κ3) is 2.95. The highest BCUT2D eigenvalue weighted by molar-refractivity contribution is 7.20. The van der Waals surface area contributed by atoms with Crippen molar-refractivity contribution in [2.75, 3.05) is 0 Å². The predicted molar refractivity (Wildman–Crippen MR) is 94.1 cm³/mol. The number of fused-ring (bicyclic) bond motifs is 1. The molecule has 0 bridgehead atoms. The standard InChI is InChI=1S/C18H18N4OS/c1-11(2)10-22-18-13(12(3)21-22)8-16(24-18)17(23)14(9-19)15-6-4-5-7-20-15/h4-8,11,14H,10H2,1-3H3/t14-/m0/s1. The molecule has 1 atom stereocenters. The molecule has 0 fully saturated rings. The van der Waals surface area contributed by atoms with Crippen LogP contribution in [0.4, 0.5) is 0 Å². The highest BCUT2D eigenvalue weighted by Crippen LogP contribution is 2.31. The Hall–Kier alpha value is -2.52. The fourth-order valence-corrected chi connectivity index (χ4v) is 3.79. The summed E-state index contributed by atoms with van der Waals surface area (Å²) in [6, 6.07) is 9.21. The van der Waals surface area contributed by atoms with Gasteiger partial charge in [0.2, 0.25) is 0 Å². The summed E-state index contributed by atoms with van der Waals surface area (Å²) in [4.78, 5) is 18.5. The van der Waals surface area contributed by atoms with E-state index in [0.29, 0.717) is 16.5 Å². The number of hydrogen-bond acceptors (Lipinski definition) is 5. The second kappa shape index (κ2) is 6.54. The molecule has 0 aliphatic heterocycles. The van der Waals surface area contributed by atoms with Crippen molar-refractivity contribution >= 4 is 27.3 Å². The molecule has 0 aliphatic rings. The number of aromatic nitrogens is 3. The maximum atomic E-state index is 12.8. The molecule has 3 aromatic heterocycles. The van der Waals surface area contributed by atoms with Crippen molar-refractivity contribution in [3.05, 3.63) is 46.7 Å². The molecule has 0 saturated carbocycles. The second-order valence-corrected chi connectivity index (χ2v) is 7.20. The molecule has 0 aliphatic carbocycles. The van der Waals surface area contributed by atoms with Crippen LogP contribution in [0.1, 0.15) is 40.8 Å². The first kappa shape index (κ1) is 16.3. The van der Waals surface area contributed by atoms with Crippen LogP contribution in [0.3, 0.4) is 0 Å². The van der Waals surface area contributed by atoms with E-state index in [1.54, 1.807) is 24.4 Å². The monoisotopic (exact) mass is 338 g/mol. The second-order valence-electron chi connectivity index (χ2n) is 6.17. The summed E-state index contributed by atoms with van der Waals surface area (Å²) in [5.74, 6) is -0.609. The molecular formula is C18H18N4OS. The van der Waals surface area contributed by atoms with Crippen LogP contribution in [-0.2, 0) is 6.54 Å². The van der Waals surface area contributed by atoms with Crippen molar-refractivity contribution in [2.45, 2.75) is 33.2 Å². The third-order valence-electron chi connectivity index (χ3n) is 3.76. The summed E-state index contributed by atoms with van der Waals surface area (Å²) in [7, 11) is 0. The van der Waals surface area contributed by atoms with Gasteiger partial charge in [-0.3, -0.25) is 14.5 Å². The number of rotatable bonds is 5. The number of carbonyl (C=O) groups excluding carboxylic acids is 1. The van der Waals surface area contributed by atoms with E-state index in [2.05, 4.69) is 30.0 Å². The van der Waals surface area contributed by atoms with Crippen LogP contribution in [0, 0.1) is 24.2 Å². The Balaban J connectivity index is 2.00. The SMILES string of the molecule is Cc1nn(CC(C)C)c2sc(C(=O)[C@@H](C#N)c3ccccn3)cc12. The summed E-state index contributed by atoms with van der Waals surface area (Å²) < 4.78 is 1.96. The van der Waals surface area contributed by atoms with Crippen LogP contribution in [0.2, 0.25) is 0 Å². The molecule has 0 saturated heterocycles. The Morgan fingerprint density at radius 2 is 2.21 bits per heavy atom. The Bertz CT molecular complexity index is 918. The Labute approximate surface area is 144 Å². The van der Waals surface area contributed by atoms with E-state index in [0.717, 1.165) is 22.5 Å². The van der Waals surface area contributed by atoms with Gasteiger partial charge in [0.15, 0.2) is 11.7 Å². The number of pyridine rings is 1. The van der Waals surface area contributed by atoms with Crippen LogP contribution in [-0.4, -0.2) is 20.5 Å². The molecular weight excluding hydrogens is 320 g/mol. The summed E-state index contributed by atoms with van der Waals surface area (Å²) in [5.41, 5.74) is 1.40. The highest BCUT2D eigenvalue weighted by Gasteiger charge is 2.26. The van der Waals surface area contributed by atoms with Crippen LogP contribution in [0.5, 0.6) is 0 Å².